The predicted octanol–water partition coefficient (Wildman–Crippen LogP) is 0.593. The van der Waals surface area contributed by atoms with Crippen molar-refractivity contribution >= 4 is 11.8 Å². The standard InChI is InChI=1S/C15H26N4O2/c1-11(2)15(3,10-16)17-13(20)9-19-8-6-7-12(19)14(21)18(4)5/h11-12H,6-9H2,1-5H3,(H,17,20). The molecule has 2 atom stereocenters. The van der Waals surface area contributed by atoms with Crippen LogP contribution in [0.25, 0.3) is 0 Å². The fraction of sp³-hybridized carbons (Fsp3) is 0.800. The summed E-state index contributed by atoms with van der Waals surface area (Å²) < 4.78 is 0. The Hall–Kier alpha value is -1.61. The molecule has 0 radical (unpaired) electrons. The van der Waals surface area contributed by atoms with Crippen LogP contribution in [-0.4, -0.2) is 60.4 Å². The maximum atomic E-state index is 12.2. The van der Waals surface area contributed by atoms with Gasteiger partial charge in [-0.2, -0.15) is 5.26 Å². The highest BCUT2D eigenvalue weighted by Crippen LogP contribution is 2.19. The predicted molar refractivity (Wildman–Crippen MR) is 80.3 cm³/mol. The van der Waals surface area contributed by atoms with Crippen LogP contribution in [0.2, 0.25) is 0 Å². The van der Waals surface area contributed by atoms with Crippen LogP contribution in [0, 0.1) is 17.2 Å². The third-order valence-electron chi connectivity index (χ3n) is 4.22. The summed E-state index contributed by atoms with van der Waals surface area (Å²) in [6, 6.07) is 1.94. The van der Waals surface area contributed by atoms with Crippen LogP contribution in [0.3, 0.4) is 0 Å². The topological polar surface area (TPSA) is 76.4 Å². The van der Waals surface area contributed by atoms with Crippen LogP contribution >= 0.6 is 0 Å². The van der Waals surface area contributed by atoms with E-state index in [9.17, 15) is 14.9 Å². The SMILES string of the molecule is CC(C)C(C)(C#N)NC(=O)CN1CCCC1C(=O)N(C)C. The minimum absolute atomic E-state index is 0.0178. The van der Waals surface area contributed by atoms with Crippen molar-refractivity contribution < 1.29 is 9.59 Å². The van der Waals surface area contributed by atoms with Gasteiger partial charge in [0.25, 0.3) is 0 Å². The van der Waals surface area contributed by atoms with Crippen LogP contribution in [-0.2, 0) is 9.59 Å². The van der Waals surface area contributed by atoms with Crippen LogP contribution in [0.15, 0.2) is 0 Å². The van der Waals surface area contributed by atoms with E-state index in [1.807, 2.05) is 18.7 Å². The molecule has 0 aromatic carbocycles. The van der Waals surface area contributed by atoms with Crippen molar-refractivity contribution in [1.29, 1.82) is 5.26 Å². The van der Waals surface area contributed by atoms with E-state index >= 15 is 0 Å². The first-order valence-corrected chi connectivity index (χ1v) is 7.38. The van der Waals surface area contributed by atoms with Crippen LogP contribution in [0.1, 0.15) is 33.6 Å². The third kappa shape index (κ3) is 4.18. The van der Waals surface area contributed by atoms with Crippen molar-refractivity contribution in [3.63, 3.8) is 0 Å². The fourth-order valence-electron chi connectivity index (χ4n) is 2.41. The molecule has 2 unspecified atom stereocenters. The molecule has 6 heteroatoms. The Bertz CT molecular complexity index is 441. The Morgan fingerprint density at radius 3 is 2.57 bits per heavy atom. The van der Waals surface area contributed by atoms with E-state index in [4.69, 9.17) is 0 Å². The molecule has 118 valence electrons. The number of amides is 2. The van der Waals surface area contributed by atoms with E-state index in [0.717, 1.165) is 19.4 Å². The zero-order chi connectivity index (χ0) is 16.2. The molecule has 0 bridgehead atoms. The molecule has 21 heavy (non-hydrogen) atoms. The second-order valence-electron chi connectivity index (χ2n) is 6.38. The number of nitriles is 1. The first-order valence-electron chi connectivity index (χ1n) is 7.38. The number of hydrogen-bond donors (Lipinski definition) is 1. The summed E-state index contributed by atoms with van der Waals surface area (Å²) in [4.78, 5) is 27.7. The Kier molecular flexibility index (Phi) is 5.73. The lowest BCUT2D eigenvalue weighted by Gasteiger charge is -2.30. The minimum atomic E-state index is -0.877. The van der Waals surface area contributed by atoms with Crippen molar-refractivity contribution in [2.75, 3.05) is 27.2 Å². The number of hydrogen-bond acceptors (Lipinski definition) is 4. The zero-order valence-electron chi connectivity index (χ0n) is 13.6. The van der Waals surface area contributed by atoms with Gasteiger partial charge in [-0.15, -0.1) is 0 Å². The van der Waals surface area contributed by atoms with Crippen LogP contribution in [0.4, 0.5) is 0 Å². The minimum Gasteiger partial charge on any atom is -0.347 e. The van der Waals surface area contributed by atoms with E-state index in [2.05, 4.69) is 11.4 Å². The molecule has 1 heterocycles. The summed E-state index contributed by atoms with van der Waals surface area (Å²) >= 11 is 0. The summed E-state index contributed by atoms with van der Waals surface area (Å²) in [7, 11) is 3.45. The highest BCUT2D eigenvalue weighted by molar-refractivity contribution is 5.84. The second-order valence-corrected chi connectivity index (χ2v) is 6.38. The van der Waals surface area contributed by atoms with Crippen molar-refractivity contribution in [3.8, 4) is 6.07 Å². The maximum Gasteiger partial charge on any atom is 0.239 e. The molecule has 0 aromatic heterocycles. The Labute approximate surface area is 127 Å². The number of carbonyl (C=O) groups is 2. The molecule has 6 nitrogen and oxygen atoms in total. The van der Waals surface area contributed by atoms with Crippen molar-refractivity contribution in [1.82, 2.24) is 15.1 Å². The summed E-state index contributed by atoms with van der Waals surface area (Å²) in [6.45, 7) is 6.42. The van der Waals surface area contributed by atoms with Gasteiger partial charge in [0, 0.05) is 14.1 Å². The molecule has 2 amide bonds. The molecule has 0 spiro atoms. The van der Waals surface area contributed by atoms with E-state index in [0.29, 0.717) is 0 Å². The van der Waals surface area contributed by atoms with Gasteiger partial charge in [-0.25, -0.2) is 0 Å². The van der Waals surface area contributed by atoms with Gasteiger partial charge in [-0.05, 0) is 32.2 Å². The highest BCUT2D eigenvalue weighted by atomic mass is 16.2. The van der Waals surface area contributed by atoms with Crippen molar-refractivity contribution in [3.05, 3.63) is 0 Å². The summed E-state index contributed by atoms with van der Waals surface area (Å²) in [6.07, 6.45) is 1.70. The Morgan fingerprint density at radius 1 is 1.48 bits per heavy atom. The quantitative estimate of drug-likeness (QED) is 0.805. The lowest BCUT2D eigenvalue weighted by atomic mass is 9.90. The zero-order valence-corrected chi connectivity index (χ0v) is 13.6. The normalized spacial score (nSPS) is 21.7. The molecule has 1 fully saturated rings. The van der Waals surface area contributed by atoms with E-state index < -0.39 is 5.54 Å². The lowest BCUT2D eigenvalue weighted by Crippen LogP contribution is -2.53. The molecule has 1 aliphatic heterocycles. The third-order valence-corrected chi connectivity index (χ3v) is 4.22. The van der Waals surface area contributed by atoms with Crippen molar-refractivity contribution in [2.24, 2.45) is 5.92 Å². The first-order chi connectivity index (χ1) is 9.71. The van der Waals surface area contributed by atoms with Gasteiger partial charge in [0.15, 0.2) is 0 Å². The highest BCUT2D eigenvalue weighted by Gasteiger charge is 2.35. The van der Waals surface area contributed by atoms with E-state index in [-0.39, 0.29) is 30.3 Å². The average Bonchev–Trinajstić information content (AvgIpc) is 2.84. The molecular weight excluding hydrogens is 268 g/mol. The number of likely N-dealkylation sites (tertiary alicyclic amines) is 1. The van der Waals surface area contributed by atoms with Gasteiger partial charge in [0.1, 0.15) is 5.54 Å². The molecule has 0 aromatic rings. The molecule has 1 rings (SSSR count). The van der Waals surface area contributed by atoms with Crippen LogP contribution in [0.5, 0.6) is 0 Å². The van der Waals surface area contributed by atoms with E-state index in [1.165, 1.54) is 0 Å². The largest absolute Gasteiger partial charge is 0.347 e. The monoisotopic (exact) mass is 294 g/mol. The lowest BCUT2D eigenvalue weighted by molar-refractivity contribution is -0.134. The first kappa shape index (κ1) is 17.4. The van der Waals surface area contributed by atoms with Gasteiger partial charge < -0.3 is 10.2 Å². The summed E-state index contributed by atoms with van der Waals surface area (Å²) in [5.41, 5.74) is -0.877. The second kappa shape index (κ2) is 6.90. The molecule has 0 aliphatic carbocycles. The molecule has 1 saturated heterocycles. The molecular formula is C15H26N4O2. The van der Waals surface area contributed by atoms with Crippen molar-refractivity contribution in [2.45, 2.75) is 45.2 Å². The number of nitrogens with one attached hydrogen (secondary N) is 1. The number of nitrogens with zero attached hydrogens (tertiary/aromatic N) is 3. The van der Waals surface area contributed by atoms with Crippen LogP contribution < -0.4 is 5.32 Å². The number of rotatable bonds is 5. The summed E-state index contributed by atoms with van der Waals surface area (Å²) in [5.74, 6) is -0.150. The summed E-state index contributed by atoms with van der Waals surface area (Å²) in [5, 5.41) is 12.0. The Balaban J connectivity index is 2.66. The maximum absolute atomic E-state index is 12.2. The molecule has 1 aliphatic rings. The Morgan fingerprint density at radius 2 is 2.10 bits per heavy atom. The molecule has 1 N–H and O–H groups in total. The van der Waals surface area contributed by atoms with Gasteiger partial charge in [0.2, 0.25) is 11.8 Å². The van der Waals surface area contributed by atoms with Gasteiger partial charge in [-0.1, -0.05) is 13.8 Å². The number of likely N-dealkylation sites (N-methyl/N-ethyl adjacent to an activating group) is 1. The average molecular weight is 294 g/mol. The number of carbonyl (C=O) groups excluding carboxylic acids is 2. The van der Waals surface area contributed by atoms with Gasteiger partial charge in [-0.3, -0.25) is 14.5 Å². The smallest absolute Gasteiger partial charge is 0.239 e. The fourth-order valence-corrected chi connectivity index (χ4v) is 2.41. The van der Waals surface area contributed by atoms with Gasteiger partial charge >= 0.3 is 0 Å². The van der Waals surface area contributed by atoms with Gasteiger partial charge in [0.05, 0.1) is 18.7 Å². The van der Waals surface area contributed by atoms with E-state index in [1.54, 1.807) is 25.9 Å². The molecule has 0 saturated carbocycles.